The molecule has 0 heterocycles. The Morgan fingerprint density at radius 1 is 1.33 bits per heavy atom. The molecule has 0 radical (unpaired) electrons. The van der Waals surface area contributed by atoms with Gasteiger partial charge >= 0.3 is 0 Å². The molecule has 0 saturated heterocycles. The molecule has 1 spiro atoms. The molecule has 1 aromatic rings. The molecule has 0 aliphatic heterocycles. The zero-order valence-corrected chi connectivity index (χ0v) is 12.9. The van der Waals surface area contributed by atoms with Crippen molar-refractivity contribution in [2.75, 3.05) is 0 Å². The van der Waals surface area contributed by atoms with Crippen LogP contribution in [0.15, 0.2) is 18.2 Å². The van der Waals surface area contributed by atoms with Crippen LogP contribution in [0, 0.1) is 12.3 Å². The van der Waals surface area contributed by atoms with Crippen LogP contribution in [-0.2, 0) is 0 Å². The second kappa shape index (κ2) is 4.72. The Morgan fingerprint density at radius 3 is 2.67 bits per heavy atom. The lowest BCUT2D eigenvalue weighted by Gasteiger charge is -2.51. The highest BCUT2D eigenvalue weighted by Crippen LogP contribution is 2.57. The van der Waals surface area contributed by atoms with E-state index in [0.29, 0.717) is 16.3 Å². The Balaban J connectivity index is 1.75. The number of halogens is 2. The minimum absolute atomic E-state index is 0.380. The van der Waals surface area contributed by atoms with Crippen molar-refractivity contribution in [1.82, 2.24) is 0 Å². The van der Waals surface area contributed by atoms with Gasteiger partial charge in [0, 0.05) is 15.3 Å². The van der Waals surface area contributed by atoms with Gasteiger partial charge in [0.15, 0.2) is 0 Å². The number of benzene rings is 1. The fraction of sp³-hybridized carbons (Fsp3) is 0.600. The standard InChI is InChI=1S/C15H18BrClO/c1-10-8-11(4-5-12(10)17)18-14-9-13(16)15(14)6-2-3-7-15/h4-5,8,13-14H,2-3,6-7,9H2,1H3. The van der Waals surface area contributed by atoms with Gasteiger partial charge in [-0.1, -0.05) is 40.4 Å². The van der Waals surface area contributed by atoms with Crippen molar-refractivity contribution >= 4 is 27.5 Å². The van der Waals surface area contributed by atoms with E-state index >= 15 is 0 Å². The van der Waals surface area contributed by atoms with E-state index in [0.717, 1.165) is 22.8 Å². The number of alkyl halides is 1. The summed E-state index contributed by atoms with van der Waals surface area (Å²) in [5, 5.41) is 0.810. The fourth-order valence-corrected chi connectivity index (χ4v) is 4.60. The van der Waals surface area contributed by atoms with E-state index in [4.69, 9.17) is 16.3 Å². The molecule has 0 bridgehead atoms. The molecule has 2 aliphatic rings. The monoisotopic (exact) mass is 328 g/mol. The number of hydrogen-bond acceptors (Lipinski definition) is 1. The van der Waals surface area contributed by atoms with Gasteiger partial charge in [-0.05, 0) is 49.9 Å². The topological polar surface area (TPSA) is 9.23 Å². The largest absolute Gasteiger partial charge is 0.490 e. The second-order valence-corrected chi connectivity index (χ2v) is 7.17. The van der Waals surface area contributed by atoms with E-state index in [2.05, 4.69) is 15.9 Å². The van der Waals surface area contributed by atoms with Gasteiger partial charge in [0.05, 0.1) is 0 Å². The molecule has 0 aromatic heterocycles. The first kappa shape index (κ1) is 12.8. The van der Waals surface area contributed by atoms with Crippen LogP contribution in [0.5, 0.6) is 5.75 Å². The quantitative estimate of drug-likeness (QED) is 0.684. The summed E-state index contributed by atoms with van der Waals surface area (Å²) in [6.07, 6.45) is 6.82. The maximum absolute atomic E-state index is 6.21. The summed E-state index contributed by atoms with van der Waals surface area (Å²) in [6, 6.07) is 5.96. The van der Waals surface area contributed by atoms with Crippen molar-refractivity contribution in [1.29, 1.82) is 0 Å². The van der Waals surface area contributed by atoms with Gasteiger partial charge in [0.2, 0.25) is 0 Å². The van der Waals surface area contributed by atoms with Crippen LogP contribution in [0.1, 0.15) is 37.7 Å². The molecule has 0 amide bonds. The van der Waals surface area contributed by atoms with Gasteiger partial charge in [-0.15, -0.1) is 0 Å². The lowest BCUT2D eigenvalue weighted by atomic mass is 9.64. The minimum Gasteiger partial charge on any atom is -0.490 e. The molecule has 1 nitrogen and oxygen atoms in total. The van der Waals surface area contributed by atoms with Crippen LogP contribution in [0.4, 0.5) is 0 Å². The van der Waals surface area contributed by atoms with Gasteiger partial charge in [0.25, 0.3) is 0 Å². The van der Waals surface area contributed by atoms with Crippen LogP contribution in [0.25, 0.3) is 0 Å². The average molecular weight is 330 g/mol. The Morgan fingerprint density at radius 2 is 2.06 bits per heavy atom. The molecule has 3 rings (SSSR count). The van der Waals surface area contributed by atoms with Gasteiger partial charge in [0.1, 0.15) is 11.9 Å². The van der Waals surface area contributed by atoms with Gasteiger partial charge in [-0.2, -0.15) is 0 Å². The molecule has 0 N–H and O–H groups in total. The number of hydrogen-bond donors (Lipinski definition) is 0. The predicted octanol–water partition coefficient (Wildman–Crippen LogP) is 5.12. The predicted molar refractivity (Wildman–Crippen MR) is 78.8 cm³/mol. The third-order valence-corrected chi connectivity index (χ3v) is 6.34. The maximum atomic E-state index is 6.21. The molecule has 2 aliphatic carbocycles. The highest BCUT2D eigenvalue weighted by molar-refractivity contribution is 9.09. The maximum Gasteiger partial charge on any atom is 0.120 e. The molecule has 2 saturated carbocycles. The first-order chi connectivity index (χ1) is 8.62. The zero-order valence-electron chi connectivity index (χ0n) is 10.6. The van der Waals surface area contributed by atoms with Crippen molar-refractivity contribution in [3.63, 3.8) is 0 Å². The second-order valence-electron chi connectivity index (χ2n) is 5.66. The first-order valence-corrected chi connectivity index (χ1v) is 7.98. The van der Waals surface area contributed by atoms with E-state index in [-0.39, 0.29) is 0 Å². The van der Waals surface area contributed by atoms with Crippen LogP contribution in [0.2, 0.25) is 5.02 Å². The lowest BCUT2D eigenvalue weighted by Crippen LogP contribution is -2.55. The molecule has 18 heavy (non-hydrogen) atoms. The summed E-state index contributed by atoms with van der Waals surface area (Å²) in [5.41, 5.74) is 1.48. The molecular formula is C15H18BrClO. The summed E-state index contributed by atoms with van der Waals surface area (Å²) in [4.78, 5) is 0.644. The van der Waals surface area contributed by atoms with Crippen LogP contribution in [0.3, 0.4) is 0 Å². The van der Waals surface area contributed by atoms with Crippen LogP contribution < -0.4 is 4.74 Å². The average Bonchev–Trinajstić information content (AvgIpc) is 2.85. The third-order valence-electron chi connectivity index (χ3n) is 4.63. The third kappa shape index (κ3) is 1.98. The smallest absolute Gasteiger partial charge is 0.120 e. The summed E-state index contributed by atoms with van der Waals surface area (Å²) in [6.45, 7) is 2.02. The zero-order chi connectivity index (χ0) is 12.8. The van der Waals surface area contributed by atoms with E-state index in [9.17, 15) is 0 Å². The Hall–Kier alpha value is -0.210. The number of rotatable bonds is 2. The normalized spacial score (nSPS) is 29.3. The summed E-state index contributed by atoms with van der Waals surface area (Å²) >= 11 is 9.87. The highest BCUT2D eigenvalue weighted by atomic mass is 79.9. The summed E-state index contributed by atoms with van der Waals surface area (Å²) in [7, 11) is 0. The number of aryl methyl sites for hydroxylation is 1. The van der Waals surface area contributed by atoms with Gasteiger partial charge in [-0.25, -0.2) is 0 Å². The van der Waals surface area contributed by atoms with Crippen molar-refractivity contribution in [2.45, 2.75) is 50.0 Å². The summed E-state index contributed by atoms with van der Waals surface area (Å²) < 4.78 is 6.21. The molecule has 2 atom stereocenters. The summed E-state index contributed by atoms with van der Waals surface area (Å²) in [5.74, 6) is 0.965. The Kier molecular flexibility index (Phi) is 3.36. The Labute approximate surface area is 122 Å². The molecule has 98 valence electrons. The first-order valence-electron chi connectivity index (χ1n) is 6.69. The highest BCUT2D eigenvalue weighted by Gasteiger charge is 2.56. The van der Waals surface area contributed by atoms with Crippen molar-refractivity contribution < 1.29 is 4.74 Å². The SMILES string of the molecule is Cc1cc(OC2CC(Br)C23CCCC3)ccc1Cl. The van der Waals surface area contributed by atoms with Crippen molar-refractivity contribution in [3.8, 4) is 5.75 Å². The minimum atomic E-state index is 0.380. The van der Waals surface area contributed by atoms with Crippen molar-refractivity contribution in [3.05, 3.63) is 28.8 Å². The lowest BCUT2D eigenvalue weighted by molar-refractivity contribution is -0.0304. The molecule has 2 unspecified atom stereocenters. The molecule has 2 fully saturated rings. The molecule has 1 aromatic carbocycles. The van der Waals surface area contributed by atoms with E-state index < -0.39 is 0 Å². The van der Waals surface area contributed by atoms with E-state index in [1.165, 1.54) is 25.7 Å². The molecular weight excluding hydrogens is 312 g/mol. The van der Waals surface area contributed by atoms with E-state index in [1.807, 2.05) is 25.1 Å². The van der Waals surface area contributed by atoms with E-state index in [1.54, 1.807) is 0 Å². The van der Waals surface area contributed by atoms with Gasteiger partial charge < -0.3 is 4.74 Å². The van der Waals surface area contributed by atoms with Crippen LogP contribution >= 0.6 is 27.5 Å². The fourth-order valence-electron chi connectivity index (χ4n) is 3.39. The Bertz CT molecular complexity index is 454. The number of ether oxygens (including phenoxy) is 1. The molecule has 3 heteroatoms. The van der Waals surface area contributed by atoms with Crippen molar-refractivity contribution in [2.24, 2.45) is 5.41 Å². The van der Waals surface area contributed by atoms with Gasteiger partial charge in [-0.3, -0.25) is 0 Å². The van der Waals surface area contributed by atoms with Crippen LogP contribution in [-0.4, -0.2) is 10.9 Å².